The van der Waals surface area contributed by atoms with Gasteiger partial charge in [-0.15, -0.1) is 0 Å². The maximum atomic E-state index is 2.74. The Morgan fingerprint density at radius 3 is 2.07 bits per heavy atom. The van der Waals surface area contributed by atoms with Crippen molar-refractivity contribution in [3.8, 4) is 22.3 Å². The van der Waals surface area contributed by atoms with Crippen LogP contribution in [0.25, 0.3) is 22.3 Å². The quantitative estimate of drug-likeness (QED) is 0.348. The third kappa shape index (κ3) is 2.90. The lowest BCUT2D eigenvalue weighted by atomic mass is 9.78. The highest BCUT2D eigenvalue weighted by molar-refractivity contribution is 5.94. The Morgan fingerprint density at radius 1 is 0.690 bits per heavy atom. The van der Waals surface area contributed by atoms with E-state index in [1.807, 2.05) is 0 Å². The van der Waals surface area contributed by atoms with Gasteiger partial charge in [0.25, 0.3) is 0 Å². The van der Waals surface area contributed by atoms with Crippen LogP contribution in [0, 0.1) is 0 Å². The average molecular weight is 382 g/mol. The first kappa shape index (κ1) is 18.5. The highest BCUT2D eigenvalue weighted by Crippen LogP contribution is 2.51. The van der Waals surface area contributed by atoms with Gasteiger partial charge in [0.1, 0.15) is 0 Å². The van der Waals surface area contributed by atoms with Gasteiger partial charge in [0.05, 0.1) is 0 Å². The van der Waals surface area contributed by atoms with E-state index in [0.717, 1.165) is 6.42 Å². The maximum Gasteiger partial charge on any atom is 0.0417 e. The van der Waals surface area contributed by atoms with Gasteiger partial charge in [-0.05, 0) is 86.4 Å². The van der Waals surface area contributed by atoms with Crippen LogP contribution in [0.1, 0.15) is 58.1 Å². The Labute approximate surface area is 175 Å². The number of hydrogen-bond acceptors (Lipinski definition) is 1. The number of fused-ring (bicyclic) bond motifs is 3. The zero-order valence-corrected chi connectivity index (χ0v) is 18.1. The number of benzene rings is 3. The van der Waals surface area contributed by atoms with Crippen LogP contribution in [0.5, 0.6) is 0 Å². The van der Waals surface area contributed by atoms with E-state index in [1.54, 1.807) is 0 Å². The van der Waals surface area contributed by atoms with Gasteiger partial charge >= 0.3 is 0 Å². The zero-order chi connectivity index (χ0) is 20.2. The molecule has 0 spiro atoms. The zero-order valence-electron chi connectivity index (χ0n) is 18.1. The summed E-state index contributed by atoms with van der Waals surface area (Å²) in [6.45, 7) is 9.70. The summed E-state index contributed by atoms with van der Waals surface area (Å²) >= 11 is 0. The van der Waals surface area contributed by atoms with Gasteiger partial charge < -0.3 is 4.90 Å². The van der Waals surface area contributed by atoms with Crippen molar-refractivity contribution in [1.82, 2.24) is 0 Å². The summed E-state index contributed by atoms with van der Waals surface area (Å²) in [5.41, 5.74) is 10.3. The fraction of sp³-hybridized carbons (Fsp3) is 0.357. The summed E-state index contributed by atoms with van der Waals surface area (Å²) in [5.74, 6) is 0. The number of nitrogens with zero attached hydrogens (tertiary/aromatic N) is 1. The number of hydrogen-bond donors (Lipinski definition) is 0. The second-order valence-corrected chi connectivity index (χ2v) is 10.00. The van der Waals surface area contributed by atoms with Crippen LogP contribution in [0.3, 0.4) is 0 Å². The van der Waals surface area contributed by atoms with Crippen molar-refractivity contribution in [2.24, 2.45) is 0 Å². The maximum absolute atomic E-state index is 2.74. The topological polar surface area (TPSA) is 3.24 Å². The van der Waals surface area contributed by atoms with Crippen molar-refractivity contribution in [3.05, 3.63) is 77.9 Å². The molecule has 5 rings (SSSR count). The number of anilines is 1. The standard InChI is InChI=1S/C28H31N/c1-27(2)17-10-18-28(3,4)29(27)25-16-15-23(20-11-6-5-7-12-20)26-22-14-9-8-13-21(22)19-24(25)26/h5-9,11-16H,10,17-19H2,1-4H3. The highest BCUT2D eigenvalue weighted by atomic mass is 15.3. The molecule has 0 unspecified atom stereocenters. The number of piperidine rings is 1. The molecule has 0 N–H and O–H groups in total. The van der Waals surface area contributed by atoms with E-state index in [9.17, 15) is 0 Å². The lowest BCUT2D eigenvalue weighted by Crippen LogP contribution is -2.59. The van der Waals surface area contributed by atoms with E-state index in [-0.39, 0.29) is 11.1 Å². The first-order valence-corrected chi connectivity index (χ1v) is 11.0. The van der Waals surface area contributed by atoms with E-state index < -0.39 is 0 Å². The molecule has 0 amide bonds. The van der Waals surface area contributed by atoms with Gasteiger partial charge in [-0.25, -0.2) is 0 Å². The van der Waals surface area contributed by atoms with Crippen LogP contribution in [-0.4, -0.2) is 11.1 Å². The fourth-order valence-corrected chi connectivity index (χ4v) is 5.95. The van der Waals surface area contributed by atoms with Crippen molar-refractivity contribution in [2.75, 3.05) is 4.90 Å². The fourth-order valence-electron chi connectivity index (χ4n) is 5.95. The average Bonchev–Trinajstić information content (AvgIpc) is 3.07. The molecule has 1 aliphatic heterocycles. The van der Waals surface area contributed by atoms with E-state index in [0.29, 0.717) is 0 Å². The summed E-state index contributed by atoms with van der Waals surface area (Å²) < 4.78 is 0. The second-order valence-electron chi connectivity index (χ2n) is 10.00. The molecule has 2 aliphatic rings. The van der Waals surface area contributed by atoms with Gasteiger partial charge in [-0.1, -0.05) is 60.7 Å². The van der Waals surface area contributed by atoms with Gasteiger partial charge in [0, 0.05) is 23.2 Å². The van der Waals surface area contributed by atoms with E-state index in [1.165, 1.54) is 58.3 Å². The predicted molar refractivity (Wildman–Crippen MR) is 125 cm³/mol. The molecule has 29 heavy (non-hydrogen) atoms. The monoisotopic (exact) mass is 381 g/mol. The molecule has 1 saturated heterocycles. The third-order valence-corrected chi connectivity index (χ3v) is 7.06. The van der Waals surface area contributed by atoms with Crippen LogP contribution in [0.4, 0.5) is 5.69 Å². The van der Waals surface area contributed by atoms with Crippen molar-refractivity contribution < 1.29 is 0 Å². The van der Waals surface area contributed by atoms with Crippen LogP contribution < -0.4 is 4.90 Å². The van der Waals surface area contributed by atoms with Crippen molar-refractivity contribution in [1.29, 1.82) is 0 Å². The van der Waals surface area contributed by atoms with E-state index >= 15 is 0 Å². The van der Waals surface area contributed by atoms with Crippen molar-refractivity contribution in [3.63, 3.8) is 0 Å². The molecule has 0 aromatic heterocycles. The molecule has 0 radical (unpaired) electrons. The summed E-state index contributed by atoms with van der Waals surface area (Å²) in [6, 6.07) is 24.6. The van der Waals surface area contributed by atoms with Crippen molar-refractivity contribution >= 4 is 5.69 Å². The van der Waals surface area contributed by atoms with Gasteiger partial charge in [-0.2, -0.15) is 0 Å². The van der Waals surface area contributed by atoms with E-state index in [4.69, 9.17) is 0 Å². The molecule has 148 valence electrons. The van der Waals surface area contributed by atoms with Gasteiger partial charge in [0.15, 0.2) is 0 Å². The van der Waals surface area contributed by atoms with Gasteiger partial charge in [-0.3, -0.25) is 0 Å². The molecular weight excluding hydrogens is 350 g/mol. The first-order valence-electron chi connectivity index (χ1n) is 11.0. The predicted octanol–water partition coefficient (Wildman–Crippen LogP) is 7.47. The Morgan fingerprint density at radius 2 is 1.34 bits per heavy atom. The molecule has 1 fully saturated rings. The lowest BCUT2D eigenvalue weighted by molar-refractivity contribution is 0.244. The Bertz CT molecular complexity index is 1040. The minimum Gasteiger partial charge on any atom is -0.361 e. The molecule has 0 atom stereocenters. The summed E-state index contributed by atoms with van der Waals surface area (Å²) in [4.78, 5) is 2.74. The van der Waals surface area contributed by atoms with Gasteiger partial charge in [0.2, 0.25) is 0 Å². The molecule has 1 aliphatic carbocycles. The van der Waals surface area contributed by atoms with Crippen LogP contribution >= 0.6 is 0 Å². The SMILES string of the molecule is CC1(C)CCCC(C)(C)N1c1ccc(-c2ccccc2)c2c1Cc1ccccc1-2. The molecule has 3 aromatic carbocycles. The summed E-state index contributed by atoms with van der Waals surface area (Å²) in [6.07, 6.45) is 4.84. The Balaban J connectivity index is 1.77. The van der Waals surface area contributed by atoms with E-state index in [2.05, 4.69) is 99.3 Å². The third-order valence-electron chi connectivity index (χ3n) is 7.06. The lowest BCUT2D eigenvalue weighted by Gasteiger charge is -2.55. The minimum absolute atomic E-state index is 0.165. The normalized spacial score (nSPS) is 19.0. The molecule has 0 saturated carbocycles. The molecule has 1 nitrogen and oxygen atoms in total. The Kier molecular flexibility index (Phi) is 4.13. The molecule has 3 aromatic rings. The van der Waals surface area contributed by atoms with Crippen molar-refractivity contribution in [2.45, 2.75) is 64.5 Å². The number of rotatable bonds is 2. The van der Waals surface area contributed by atoms with Crippen LogP contribution in [0.2, 0.25) is 0 Å². The molecule has 0 bridgehead atoms. The summed E-state index contributed by atoms with van der Waals surface area (Å²) in [5, 5.41) is 0. The Hall–Kier alpha value is -2.54. The highest BCUT2D eigenvalue weighted by Gasteiger charge is 2.43. The molecule has 1 heteroatoms. The summed E-state index contributed by atoms with van der Waals surface area (Å²) in [7, 11) is 0. The second kappa shape index (κ2) is 6.49. The van der Waals surface area contributed by atoms with Crippen LogP contribution in [0.15, 0.2) is 66.7 Å². The minimum atomic E-state index is 0.165. The first-order chi connectivity index (χ1) is 13.9. The largest absolute Gasteiger partial charge is 0.361 e. The smallest absolute Gasteiger partial charge is 0.0417 e. The molecule has 1 heterocycles. The molecular formula is C28H31N. The van der Waals surface area contributed by atoms with Crippen LogP contribution in [-0.2, 0) is 6.42 Å².